The summed E-state index contributed by atoms with van der Waals surface area (Å²) in [5.74, 6) is -0.200. The lowest BCUT2D eigenvalue weighted by atomic mass is 9.46. The zero-order chi connectivity index (χ0) is 24.0. The zero-order valence-electron chi connectivity index (χ0n) is 19.8. The Morgan fingerprint density at radius 3 is 2.85 bits per heavy atom. The van der Waals surface area contributed by atoms with Crippen LogP contribution in [-0.4, -0.2) is 56.0 Å². The van der Waals surface area contributed by atoms with Crippen molar-refractivity contribution in [3.63, 3.8) is 0 Å². The highest BCUT2D eigenvalue weighted by Crippen LogP contribution is 2.70. The van der Waals surface area contributed by atoms with Crippen LogP contribution < -0.4 is 0 Å². The summed E-state index contributed by atoms with van der Waals surface area (Å²) in [7, 11) is 1.81. The van der Waals surface area contributed by atoms with E-state index in [1.807, 2.05) is 20.0 Å². The minimum atomic E-state index is -1.33. The van der Waals surface area contributed by atoms with Crippen molar-refractivity contribution in [2.45, 2.75) is 63.6 Å². The molecule has 1 aromatic heterocycles. The number of aliphatic hydroxyl groups excluding tert-OH is 2. The van der Waals surface area contributed by atoms with Gasteiger partial charge >= 0.3 is 0 Å². The average molecular weight is 469 g/mol. The van der Waals surface area contributed by atoms with Crippen molar-refractivity contribution >= 4 is 11.6 Å². The van der Waals surface area contributed by atoms with Crippen LogP contribution in [0.1, 0.15) is 51.4 Å². The normalized spacial score (nSPS) is 47.0. The number of hydrogen-bond donors (Lipinski definition) is 2. The van der Waals surface area contributed by atoms with Gasteiger partial charge in [0, 0.05) is 35.6 Å². The molecule has 0 bridgehead atoms. The number of ketones is 2. The average Bonchev–Trinajstić information content (AvgIpc) is 3.45. The monoisotopic (exact) mass is 468 g/mol. The molecule has 5 aliphatic rings. The third kappa shape index (κ3) is 2.65. The summed E-state index contributed by atoms with van der Waals surface area (Å²) in [4.78, 5) is 25.5. The summed E-state index contributed by atoms with van der Waals surface area (Å²) < 4.78 is 14.5. The van der Waals surface area contributed by atoms with Gasteiger partial charge in [-0.1, -0.05) is 25.5 Å². The first-order valence-corrected chi connectivity index (χ1v) is 12.2. The molecule has 0 spiro atoms. The second kappa shape index (κ2) is 7.20. The molecular formula is C26H32N2O6. The van der Waals surface area contributed by atoms with Crippen molar-refractivity contribution in [3.8, 4) is 0 Å². The van der Waals surface area contributed by atoms with Crippen molar-refractivity contribution in [2.75, 3.05) is 6.61 Å². The largest absolute Gasteiger partial charge is 0.393 e. The summed E-state index contributed by atoms with van der Waals surface area (Å²) in [6.07, 6.45) is 9.51. The summed E-state index contributed by atoms with van der Waals surface area (Å²) in [5, 5.41) is 25.8. The number of rotatable bonds is 3. The van der Waals surface area contributed by atoms with E-state index in [0.717, 1.165) is 24.0 Å². The lowest BCUT2D eigenvalue weighted by molar-refractivity contribution is -0.201. The van der Waals surface area contributed by atoms with Gasteiger partial charge in [-0.3, -0.25) is 14.3 Å². The van der Waals surface area contributed by atoms with Crippen LogP contribution in [0.5, 0.6) is 0 Å². The lowest BCUT2D eigenvalue weighted by Gasteiger charge is -2.59. The van der Waals surface area contributed by atoms with Gasteiger partial charge in [-0.2, -0.15) is 5.10 Å². The molecule has 2 N–H and O–H groups in total. The van der Waals surface area contributed by atoms with E-state index in [9.17, 15) is 19.8 Å². The fourth-order valence-corrected chi connectivity index (χ4v) is 8.40. The number of aliphatic hydroxyl groups is 2. The van der Waals surface area contributed by atoms with Gasteiger partial charge < -0.3 is 19.7 Å². The predicted molar refractivity (Wildman–Crippen MR) is 120 cm³/mol. The van der Waals surface area contributed by atoms with Crippen LogP contribution in [0, 0.1) is 28.6 Å². The SMILES string of the molecule is Cn1cc([C@H]2O[C@@H]3C[C@H]4[C@@H]5CCC6=CC(=O)C=C[C@]6(C)[C@H]5[C@@H](O)C[C@]4(C)[C@]3(C(=O)CO)O2)cn1. The molecule has 0 aromatic carbocycles. The number of Topliss-reactive ketones (excluding diaryl/α,β-unsaturated/α-hetero) is 1. The van der Waals surface area contributed by atoms with Gasteiger partial charge in [0.25, 0.3) is 0 Å². The molecule has 8 heteroatoms. The standard InChI is InChI=1S/C26H32N2O6/c1-24-7-6-16(30)8-15(24)4-5-17-18-9-21-26(20(32)13-29,25(18,2)10-19(31)22(17)24)34-23(33-21)14-11-27-28(3)12-14/h6-8,11-12,17-19,21-23,29,31H,4-5,9-10,13H2,1-3H3/t17-,18-,19-,21+,22+,23-,24-,25-,26+/m0/s1. The van der Waals surface area contributed by atoms with E-state index in [4.69, 9.17) is 9.47 Å². The van der Waals surface area contributed by atoms with E-state index in [-0.39, 0.29) is 34.7 Å². The summed E-state index contributed by atoms with van der Waals surface area (Å²) in [5.41, 5.74) is -0.584. The highest BCUT2D eigenvalue weighted by atomic mass is 16.7. The maximum atomic E-state index is 13.4. The van der Waals surface area contributed by atoms with Crippen LogP contribution in [0.15, 0.2) is 36.2 Å². The molecule has 0 amide bonds. The van der Waals surface area contributed by atoms with Gasteiger partial charge in [-0.15, -0.1) is 0 Å². The number of ether oxygens (including phenoxy) is 2. The minimum absolute atomic E-state index is 0.00667. The number of aryl methyl sites for hydroxylation is 1. The van der Waals surface area contributed by atoms with Crippen molar-refractivity contribution in [1.29, 1.82) is 0 Å². The zero-order valence-corrected chi connectivity index (χ0v) is 19.8. The van der Waals surface area contributed by atoms with Crippen LogP contribution in [0.25, 0.3) is 0 Å². The number of allylic oxidation sites excluding steroid dienone is 4. The minimum Gasteiger partial charge on any atom is -0.393 e. The smallest absolute Gasteiger partial charge is 0.193 e. The Hall–Kier alpha value is -2.13. The quantitative estimate of drug-likeness (QED) is 0.698. The van der Waals surface area contributed by atoms with Crippen molar-refractivity contribution in [2.24, 2.45) is 35.6 Å². The predicted octanol–water partition coefficient (Wildman–Crippen LogP) is 2.02. The van der Waals surface area contributed by atoms with Gasteiger partial charge in [0.1, 0.15) is 6.61 Å². The van der Waals surface area contributed by atoms with Gasteiger partial charge in [0.15, 0.2) is 23.5 Å². The molecule has 0 unspecified atom stereocenters. The van der Waals surface area contributed by atoms with Crippen molar-refractivity contribution in [1.82, 2.24) is 9.78 Å². The topological polar surface area (TPSA) is 111 Å². The Bertz CT molecular complexity index is 1120. The van der Waals surface area contributed by atoms with Gasteiger partial charge in [-0.25, -0.2) is 0 Å². The van der Waals surface area contributed by atoms with Gasteiger partial charge in [0.2, 0.25) is 0 Å². The summed E-state index contributed by atoms with van der Waals surface area (Å²) >= 11 is 0. The van der Waals surface area contributed by atoms with Crippen LogP contribution in [0.3, 0.4) is 0 Å². The van der Waals surface area contributed by atoms with E-state index in [1.54, 1.807) is 29.2 Å². The molecular weight excluding hydrogens is 436 g/mol. The van der Waals surface area contributed by atoms with E-state index in [1.165, 1.54) is 0 Å². The maximum absolute atomic E-state index is 13.4. The first-order chi connectivity index (χ1) is 16.1. The van der Waals surface area contributed by atoms with E-state index < -0.39 is 36.1 Å². The number of nitrogens with zero attached hydrogens (tertiary/aromatic N) is 2. The first kappa shape index (κ1) is 22.3. The lowest BCUT2D eigenvalue weighted by Crippen LogP contribution is -2.63. The fraction of sp³-hybridized carbons (Fsp3) is 0.654. The maximum Gasteiger partial charge on any atom is 0.193 e. The van der Waals surface area contributed by atoms with Crippen molar-refractivity contribution < 1.29 is 29.3 Å². The van der Waals surface area contributed by atoms with Crippen LogP contribution in [0.2, 0.25) is 0 Å². The van der Waals surface area contributed by atoms with Crippen molar-refractivity contribution in [3.05, 3.63) is 41.8 Å². The first-order valence-electron chi connectivity index (χ1n) is 12.2. The Kier molecular flexibility index (Phi) is 4.73. The number of carbonyl (C=O) groups excluding carboxylic acids is 2. The molecule has 3 saturated carbocycles. The summed E-state index contributed by atoms with van der Waals surface area (Å²) in [6, 6.07) is 0. The van der Waals surface area contributed by atoms with Gasteiger partial charge in [0.05, 0.1) is 18.4 Å². The Labute approximate surface area is 198 Å². The molecule has 4 fully saturated rings. The Morgan fingerprint density at radius 1 is 1.35 bits per heavy atom. The number of carbonyl (C=O) groups is 2. The highest BCUT2D eigenvalue weighted by Gasteiger charge is 2.75. The van der Waals surface area contributed by atoms with Crippen LogP contribution >= 0.6 is 0 Å². The molecule has 6 rings (SSSR count). The molecule has 4 aliphatic carbocycles. The van der Waals surface area contributed by atoms with Crippen LogP contribution in [0.4, 0.5) is 0 Å². The Balaban J connectivity index is 1.40. The highest BCUT2D eigenvalue weighted by molar-refractivity contribution is 6.01. The van der Waals surface area contributed by atoms with E-state index in [2.05, 4.69) is 12.0 Å². The molecule has 2 heterocycles. The van der Waals surface area contributed by atoms with Crippen LogP contribution in [-0.2, 0) is 26.1 Å². The molecule has 182 valence electrons. The fourth-order valence-electron chi connectivity index (χ4n) is 8.40. The van der Waals surface area contributed by atoms with E-state index in [0.29, 0.717) is 12.8 Å². The third-order valence-electron chi connectivity index (χ3n) is 9.79. The number of aromatic nitrogens is 2. The molecule has 1 saturated heterocycles. The molecule has 34 heavy (non-hydrogen) atoms. The molecule has 9 atom stereocenters. The van der Waals surface area contributed by atoms with Gasteiger partial charge in [-0.05, 0) is 49.7 Å². The second-order valence-electron chi connectivity index (χ2n) is 11.3. The molecule has 1 aromatic rings. The Morgan fingerprint density at radius 2 is 2.15 bits per heavy atom. The number of fused-ring (bicyclic) bond motifs is 7. The molecule has 1 aliphatic heterocycles. The second-order valence-corrected chi connectivity index (χ2v) is 11.3. The van der Waals surface area contributed by atoms with E-state index >= 15 is 0 Å². The number of hydrogen-bond acceptors (Lipinski definition) is 7. The molecule has 8 nitrogen and oxygen atoms in total. The molecule has 0 radical (unpaired) electrons. The summed E-state index contributed by atoms with van der Waals surface area (Å²) in [6.45, 7) is 3.52. The third-order valence-corrected chi connectivity index (χ3v) is 9.79.